The zero-order valence-electron chi connectivity index (χ0n) is 14.6. The molecular formula is C20H22N2O2S. The van der Waals surface area contributed by atoms with Gasteiger partial charge in [0.2, 0.25) is 10.0 Å². The van der Waals surface area contributed by atoms with Crippen LogP contribution in [0.2, 0.25) is 0 Å². The fourth-order valence-electron chi connectivity index (χ4n) is 3.42. The molecular weight excluding hydrogens is 332 g/mol. The molecule has 0 unspecified atom stereocenters. The second-order valence-electron chi connectivity index (χ2n) is 6.79. The van der Waals surface area contributed by atoms with E-state index < -0.39 is 10.0 Å². The molecule has 1 aliphatic heterocycles. The molecule has 0 amide bonds. The molecule has 3 rings (SSSR count). The number of hydrogen-bond donors (Lipinski definition) is 0. The Hall–Kier alpha value is -2.16. The Kier molecular flexibility index (Phi) is 4.94. The van der Waals surface area contributed by atoms with Crippen LogP contribution in [0.4, 0.5) is 0 Å². The first kappa shape index (κ1) is 17.7. The topological polar surface area (TPSA) is 61.2 Å². The minimum absolute atomic E-state index is 0.0677. The van der Waals surface area contributed by atoms with Crippen LogP contribution in [0.3, 0.4) is 0 Å². The maximum absolute atomic E-state index is 12.8. The SMILES string of the molecule is CC(C)c1cccc2c1CCN(S(=O)(=O)Cc1cccc(C#N)c1)C2. The van der Waals surface area contributed by atoms with Crippen molar-refractivity contribution in [3.63, 3.8) is 0 Å². The van der Waals surface area contributed by atoms with Crippen LogP contribution in [0.25, 0.3) is 0 Å². The van der Waals surface area contributed by atoms with Gasteiger partial charge in [-0.15, -0.1) is 0 Å². The summed E-state index contributed by atoms with van der Waals surface area (Å²) in [6.07, 6.45) is 0.751. The van der Waals surface area contributed by atoms with Crippen molar-refractivity contribution in [2.24, 2.45) is 0 Å². The Morgan fingerprint density at radius 3 is 2.68 bits per heavy atom. The highest BCUT2D eigenvalue weighted by Gasteiger charge is 2.28. The Morgan fingerprint density at radius 2 is 1.96 bits per heavy atom. The lowest BCUT2D eigenvalue weighted by Gasteiger charge is -2.30. The van der Waals surface area contributed by atoms with Crippen molar-refractivity contribution in [3.8, 4) is 6.07 Å². The van der Waals surface area contributed by atoms with Crippen LogP contribution in [0.5, 0.6) is 0 Å². The van der Waals surface area contributed by atoms with Crippen molar-refractivity contribution < 1.29 is 8.42 Å². The summed E-state index contributed by atoms with van der Waals surface area (Å²) in [5.74, 6) is 0.369. The number of benzene rings is 2. The third-order valence-corrected chi connectivity index (χ3v) is 6.48. The van der Waals surface area contributed by atoms with Gasteiger partial charge in [0.15, 0.2) is 0 Å². The zero-order valence-corrected chi connectivity index (χ0v) is 15.4. The maximum Gasteiger partial charge on any atom is 0.218 e. The van der Waals surface area contributed by atoms with Gasteiger partial charge >= 0.3 is 0 Å². The van der Waals surface area contributed by atoms with Crippen LogP contribution >= 0.6 is 0 Å². The molecule has 25 heavy (non-hydrogen) atoms. The van der Waals surface area contributed by atoms with Gasteiger partial charge in [0.05, 0.1) is 17.4 Å². The molecule has 5 heteroatoms. The van der Waals surface area contributed by atoms with Crippen molar-refractivity contribution in [1.29, 1.82) is 5.26 Å². The highest BCUT2D eigenvalue weighted by atomic mass is 32.2. The molecule has 4 nitrogen and oxygen atoms in total. The van der Waals surface area contributed by atoms with Crippen LogP contribution in [0, 0.1) is 11.3 Å². The van der Waals surface area contributed by atoms with Gasteiger partial charge in [0.1, 0.15) is 0 Å². The first-order valence-corrected chi connectivity index (χ1v) is 10.1. The summed E-state index contributed by atoms with van der Waals surface area (Å²) < 4.78 is 27.2. The van der Waals surface area contributed by atoms with E-state index in [0.29, 0.717) is 30.1 Å². The number of hydrogen-bond acceptors (Lipinski definition) is 3. The first-order valence-electron chi connectivity index (χ1n) is 8.48. The third-order valence-electron chi connectivity index (χ3n) is 4.69. The average molecular weight is 354 g/mol. The molecule has 0 aliphatic carbocycles. The molecule has 0 bridgehead atoms. The van der Waals surface area contributed by atoms with E-state index in [2.05, 4.69) is 26.0 Å². The molecule has 2 aromatic rings. The average Bonchev–Trinajstić information content (AvgIpc) is 2.60. The van der Waals surface area contributed by atoms with Gasteiger partial charge in [0.25, 0.3) is 0 Å². The van der Waals surface area contributed by atoms with Gasteiger partial charge in [-0.3, -0.25) is 0 Å². The van der Waals surface area contributed by atoms with Gasteiger partial charge in [-0.1, -0.05) is 44.2 Å². The smallest absolute Gasteiger partial charge is 0.212 e. The van der Waals surface area contributed by atoms with E-state index in [1.807, 2.05) is 12.1 Å². The summed E-state index contributed by atoms with van der Waals surface area (Å²) in [6.45, 7) is 5.27. The van der Waals surface area contributed by atoms with E-state index in [1.54, 1.807) is 28.6 Å². The first-order chi connectivity index (χ1) is 11.9. The Bertz CT molecular complexity index is 927. The van der Waals surface area contributed by atoms with Crippen molar-refractivity contribution in [1.82, 2.24) is 4.31 Å². The lowest BCUT2D eigenvalue weighted by molar-refractivity contribution is 0.389. The molecule has 1 heterocycles. The highest BCUT2D eigenvalue weighted by molar-refractivity contribution is 7.88. The Balaban J connectivity index is 1.83. The fraction of sp³-hybridized carbons (Fsp3) is 0.350. The summed E-state index contributed by atoms with van der Waals surface area (Å²) in [4.78, 5) is 0. The zero-order chi connectivity index (χ0) is 18.0. The minimum atomic E-state index is -3.41. The van der Waals surface area contributed by atoms with E-state index in [1.165, 1.54) is 11.1 Å². The highest BCUT2D eigenvalue weighted by Crippen LogP contribution is 2.29. The molecule has 0 N–H and O–H groups in total. The summed E-state index contributed by atoms with van der Waals surface area (Å²) in [7, 11) is -3.41. The van der Waals surface area contributed by atoms with Crippen LogP contribution in [-0.4, -0.2) is 19.3 Å². The summed E-state index contributed by atoms with van der Waals surface area (Å²) in [5, 5.41) is 8.98. The van der Waals surface area contributed by atoms with Gasteiger partial charge in [-0.25, -0.2) is 8.42 Å². The lowest BCUT2D eigenvalue weighted by atomic mass is 9.90. The molecule has 0 radical (unpaired) electrons. The summed E-state index contributed by atoms with van der Waals surface area (Å²) in [6, 6.07) is 15.0. The predicted octanol–water partition coefficient (Wildman–Crippen LogP) is 3.57. The molecule has 0 spiro atoms. The van der Waals surface area contributed by atoms with E-state index >= 15 is 0 Å². The molecule has 0 atom stereocenters. The Labute approximate surface area is 149 Å². The number of nitriles is 1. The monoisotopic (exact) mass is 354 g/mol. The van der Waals surface area contributed by atoms with Crippen molar-refractivity contribution in [2.45, 2.75) is 38.5 Å². The second-order valence-corrected chi connectivity index (χ2v) is 8.76. The molecule has 0 saturated heterocycles. The van der Waals surface area contributed by atoms with Crippen LogP contribution in [0.15, 0.2) is 42.5 Å². The number of nitrogens with zero attached hydrogens (tertiary/aromatic N) is 2. The van der Waals surface area contributed by atoms with Crippen molar-refractivity contribution >= 4 is 10.0 Å². The van der Waals surface area contributed by atoms with Gasteiger partial charge < -0.3 is 0 Å². The van der Waals surface area contributed by atoms with E-state index in [9.17, 15) is 8.42 Å². The van der Waals surface area contributed by atoms with Crippen molar-refractivity contribution in [2.75, 3.05) is 6.54 Å². The Morgan fingerprint density at radius 1 is 1.20 bits per heavy atom. The third kappa shape index (κ3) is 3.76. The number of fused-ring (bicyclic) bond motifs is 1. The van der Waals surface area contributed by atoms with Crippen LogP contribution in [-0.2, 0) is 28.7 Å². The standard InChI is InChI=1S/C20H22N2O2S/c1-15(2)19-8-4-7-18-13-22(10-9-20(18)19)25(23,24)14-17-6-3-5-16(11-17)12-21/h3-8,11,15H,9-10,13-14H2,1-2H3. The molecule has 0 aromatic heterocycles. The largest absolute Gasteiger partial charge is 0.218 e. The summed E-state index contributed by atoms with van der Waals surface area (Å²) in [5.41, 5.74) is 4.86. The minimum Gasteiger partial charge on any atom is -0.212 e. The van der Waals surface area contributed by atoms with E-state index in [0.717, 1.165) is 12.0 Å². The predicted molar refractivity (Wildman–Crippen MR) is 98.4 cm³/mol. The van der Waals surface area contributed by atoms with Crippen LogP contribution < -0.4 is 0 Å². The lowest BCUT2D eigenvalue weighted by Crippen LogP contribution is -2.37. The van der Waals surface area contributed by atoms with E-state index in [4.69, 9.17) is 5.26 Å². The second kappa shape index (κ2) is 6.99. The van der Waals surface area contributed by atoms with Crippen LogP contribution in [0.1, 0.15) is 47.6 Å². The molecule has 0 fully saturated rings. The van der Waals surface area contributed by atoms with Gasteiger partial charge in [0, 0.05) is 13.1 Å². The quantitative estimate of drug-likeness (QED) is 0.843. The molecule has 2 aromatic carbocycles. The van der Waals surface area contributed by atoms with E-state index in [-0.39, 0.29) is 5.75 Å². The maximum atomic E-state index is 12.8. The van der Waals surface area contributed by atoms with Gasteiger partial charge in [-0.2, -0.15) is 9.57 Å². The van der Waals surface area contributed by atoms with Gasteiger partial charge in [-0.05, 0) is 46.7 Å². The normalized spacial score (nSPS) is 15.0. The number of sulfonamides is 1. The fourth-order valence-corrected chi connectivity index (χ4v) is 4.91. The summed E-state index contributed by atoms with van der Waals surface area (Å²) >= 11 is 0. The molecule has 1 aliphatic rings. The molecule has 130 valence electrons. The number of rotatable bonds is 4. The van der Waals surface area contributed by atoms with Crippen molar-refractivity contribution in [3.05, 3.63) is 70.3 Å². The molecule has 0 saturated carbocycles.